The van der Waals surface area contributed by atoms with Gasteiger partial charge in [0.25, 0.3) is 0 Å². The molecule has 0 heterocycles. The van der Waals surface area contributed by atoms with Crippen LogP contribution in [0.5, 0.6) is 5.75 Å². The Morgan fingerprint density at radius 1 is 1.19 bits per heavy atom. The molecule has 1 aliphatic carbocycles. The summed E-state index contributed by atoms with van der Waals surface area (Å²) in [6, 6.07) is 9.51. The molecule has 1 saturated carbocycles. The minimum Gasteiger partial charge on any atom is -0.497 e. The van der Waals surface area contributed by atoms with Crippen LogP contribution in [-0.4, -0.2) is 13.2 Å². The van der Waals surface area contributed by atoms with E-state index in [9.17, 15) is 0 Å². The van der Waals surface area contributed by atoms with Gasteiger partial charge in [-0.2, -0.15) is 0 Å². The van der Waals surface area contributed by atoms with Crippen molar-refractivity contribution in [2.75, 3.05) is 7.11 Å². The van der Waals surface area contributed by atoms with E-state index < -0.39 is 0 Å². The number of methoxy groups -OCH3 is 1. The first kappa shape index (κ1) is 11.5. The Kier molecular flexibility index (Phi) is 3.49. The van der Waals surface area contributed by atoms with Gasteiger partial charge in [-0.1, -0.05) is 26.0 Å². The van der Waals surface area contributed by atoms with Gasteiger partial charge in [-0.3, -0.25) is 0 Å². The highest BCUT2D eigenvalue weighted by Gasteiger charge is 2.32. The lowest BCUT2D eigenvalue weighted by molar-refractivity contribution is 0.412. The Morgan fingerprint density at radius 2 is 1.81 bits per heavy atom. The number of hydrogen-bond donors (Lipinski definition) is 1. The lowest BCUT2D eigenvalue weighted by atomic mass is 10.0. The van der Waals surface area contributed by atoms with E-state index in [1.54, 1.807) is 7.11 Å². The molecule has 1 aliphatic rings. The number of benzene rings is 1. The number of hydrogen-bond acceptors (Lipinski definition) is 2. The van der Waals surface area contributed by atoms with Gasteiger partial charge in [-0.25, -0.2) is 0 Å². The van der Waals surface area contributed by atoms with Crippen LogP contribution in [0.3, 0.4) is 0 Å². The van der Waals surface area contributed by atoms with E-state index in [0.717, 1.165) is 11.7 Å². The third-order valence-corrected chi connectivity index (χ3v) is 3.08. The maximum absolute atomic E-state index is 5.19. The van der Waals surface area contributed by atoms with Gasteiger partial charge < -0.3 is 10.1 Å². The zero-order valence-corrected chi connectivity index (χ0v) is 10.4. The van der Waals surface area contributed by atoms with E-state index in [-0.39, 0.29) is 0 Å². The van der Waals surface area contributed by atoms with E-state index in [0.29, 0.717) is 12.1 Å². The number of nitrogens with one attached hydrogen (secondary N) is 1. The molecule has 2 heteroatoms. The van der Waals surface area contributed by atoms with Crippen LogP contribution in [0.2, 0.25) is 0 Å². The molecule has 1 atom stereocenters. The van der Waals surface area contributed by atoms with Crippen molar-refractivity contribution in [2.45, 2.75) is 38.8 Å². The molecule has 1 aromatic rings. The van der Waals surface area contributed by atoms with Crippen molar-refractivity contribution in [3.63, 3.8) is 0 Å². The van der Waals surface area contributed by atoms with Crippen molar-refractivity contribution in [3.8, 4) is 5.75 Å². The average Bonchev–Trinajstić information content (AvgIpc) is 3.10. The Bertz CT molecular complexity index is 327. The molecule has 2 rings (SSSR count). The van der Waals surface area contributed by atoms with Crippen molar-refractivity contribution in [1.82, 2.24) is 5.32 Å². The summed E-state index contributed by atoms with van der Waals surface area (Å²) in [5.41, 5.74) is 1.39. The van der Waals surface area contributed by atoms with Crippen LogP contribution >= 0.6 is 0 Å². The molecule has 0 amide bonds. The fourth-order valence-corrected chi connectivity index (χ4v) is 2.10. The molecule has 0 radical (unpaired) electrons. The van der Waals surface area contributed by atoms with Crippen LogP contribution in [0.1, 0.15) is 38.3 Å². The first-order chi connectivity index (χ1) is 7.70. The van der Waals surface area contributed by atoms with Gasteiger partial charge in [0.15, 0.2) is 0 Å². The highest BCUT2D eigenvalue weighted by Crippen LogP contribution is 2.41. The van der Waals surface area contributed by atoms with Gasteiger partial charge in [0.1, 0.15) is 5.75 Å². The van der Waals surface area contributed by atoms with E-state index in [4.69, 9.17) is 4.74 Å². The predicted octanol–water partition coefficient (Wildman–Crippen LogP) is 3.14. The minimum absolute atomic E-state index is 0.519. The van der Waals surface area contributed by atoms with Crippen LogP contribution in [0.25, 0.3) is 0 Å². The van der Waals surface area contributed by atoms with Crippen LogP contribution in [-0.2, 0) is 0 Å². The second kappa shape index (κ2) is 4.88. The van der Waals surface area contributed by atoms with Crippen molar-refractivity contribution in [1.29, 1.82) is 0 Å². The maximum Gasteiger partial charge on any atom is 0.118 e. The first-order valence-corrected chi connectivity index (χ1v) is 6.10. The quantitative estimate of drug-likeness (QED) is 0.821. The Balaban J connectivity index is 2.11. The topological polar surface area (TPSA) is 21.3 Å². The lowest BCUT2D eigenvalue weighted by Gasteiger charge is -2.21. The molecule has 1 fully saturated rings. The first-order valence-electron chi connectivity index (χ1n) is 6.10. The van der Waals surface area contributed by atoms with E-state index >= 15 is 0 Å². The second-order valence-electron chi connectivity index (χ2n) is 4.91. The SMILES string of the molecule is COc1ccc([C@@H](NC(C)C)C2CC2)cc1. The summed E-state index contributed by atoms with van der Waals surface area (Å²) in [6.45, 7) is 4.41. The number of ether oxygens (including phenoxy) is 1. The Labute approximate surface area is 98.0 Å². The second-order valence-corrected chi connectivity index (χ2v) is 4.91. The summed E-state index contributed by atoms with van der Waals surface area (Å²) in [6.07, 6.45) is 2.72. The molecule has 88 valence electrons. The average molecular weight is 219 g/mol. The molecule has 0 spiro atoms. The molecule has 0 aromatic heterocycles. The molecule has 0 aliphatic heterocycles. The van der Waals surface area contributed by atoms with Crippen molar-refractivity contribution >= 4 is 0 Å². The van der Waals surface area contributed by atoms with Crippen molar-refractivity contribution in [2.24, 2.45) is 5.92 Å². The summed E-state index contributed by atoms with van der Waals surface area (Å²) in [4.78, 5) is 0. The molecular weight excluding hydrogens is 198 g/mol. The van der Waals surface area contributed by atoms with E-state index in [2.05, 4.69) is 31.3 Å². The molecular formula is C14H21NO. The molecule has 1 aromatic carbocycles. The maximum atomic E-state index is 5.19. The summed E-state index contributed by atoms with van der Waals surface area (Å²) < 4.78 is 5.19. The Hall–Kier alpha value is -1.02. The zero-order chi connectivity index (χ0) is 11.5. The molecule has 0 unspecified atom stereocenters. The monoisotopic (exact) mass is 219 g/mol. The van der Waals surface area contributed by atoms with E-state index in [1.807, 2.05) is 12.1 Å². The summed E-state index contributed by atoms with van der Waals surface area (Å²) in [7, 11) is 1.71. The normalized spacial score (nSPS) is 17.5. The smallest absolute Gasteiger partial charge is 0.118 e. The van der Waals surface area contributed by atoms with Crippen LogP contribution in [0, 0.1) is 5.92 Å². The van der Waals surface area contributed by atoms with Gasteiger partial charge >= 0.3 is 0 Å². The molecule has 0 saturated heterocycles. The largest absolute Gasteiger partial charge is 0.497 e. The van der Waals surface area contributed by atoms with Gasteiger partial charge in [0, 0.05) is 12.1 Å². The van der Waals surface area contributed by atoms with Gasteiger partial charge in [0.2, 0.25) is 0 Å². The van der Waals surface area contributed by atoms with Crippen molar-refractivity contribution in [3.05, 3.63) is 29.8 Å². The zero-order valence-electron chi connectivity index (χ0n) is 10.4. The van der Waals surface area contributed by atoms with Crippen molar-refractivity contribution < 1.29 is 4.74 Å². The fraction of sp³-hybridized carbons (Fsp3) is 0.571. The molecule has 2 nitrogen and oxygen atoms in total. The van der Waals surface area contributed by atoms with Gasteiger partial charge in [-0.05, 0) is 36.5 Å². The summed E-state index contributed by atoms with van der Waals surface area (Å²) >= 11 is 0. The third kappa shape index (κ3) is 2.76. The van der Waals surface area contributed by atoms with E-state index in [1.165, 1.54) is 18.4 Å². The standard InChI is InChI=1S/C14H21NO/c1-10(2)15-14(11-4-5-11)12-6-8-13(16-3)9-7-12/h6-11,14-15H,4-5H2,1-3H3/t14-/m0/s1. The number of rotatable bonds is 5. The minimum atomic E-state index is 0.519. The highest BCUT2D eigenvalue weighted by atomic mass is 16.5. The van der Waals surface area contributed by atoms with Crippen LogP contribution in [0.4, 0.5) is 0 Å². The third-order valence-electron chi connectivity index (χ3n) is 3.08. The predicted molar refractivity (Wildman–Crippen MR) is 66.7 cm³/mol. The lowest BCUT2D eigenvalue weighted by Crippen LogP contribution is -2.29. The van der Waals surface area contributed by atoms with Crippen LogP contribution in [0.15, 0.2) is 24.3 Å². The van der Waals surface area contributed by atoms with Gasteiger partial charge in [0.05, 0.1) is 7.11 Å². The Morgan fingerprint density at radius 3 is 2.25 bits per heavy atom. The highest BCUT2D eigenvalue weighted by molar-refractivity contribution is 5.30. The van der Waals surface area contributed by atoms with Crippen LogP contribution < -0.4 is 10.1 Å². The summed E-state index contributed by atoms with van der Waals surface area (Å²) in [5, 5.41) is 3.65. The molecule has 0 bridgehead atoms. The summed E-state index contributed by atoms with van der Waals surface area (Å²) in [5.74, 6) is 1.76. The fourth-order valence-electron chi connectivity index (χ4n) is 2.10. The molecule has 16 heavy (non-hydrogen) atoms. The van der Waals surface area contributed by atoms with Gasteiger partial charge in [-0.15, -0.1) is 0 Å². The molecule has 1 N–H and O–H groups in total.